The van der Waals surface area contributed by atoms with Gasteiger partial charge in [0.15, 0.2) is 11.6 Å². The molecule has 2 unspecified atom stereocenters. The Hall–Kier alpha value is -2.73. The highest BCUT2D eigenvalue weighted by Crippen LogP contribution is 2.47. The Bertz CT molecular complexity index is 1260. The molecule has 0 radical (unpaired) electrons. The first-order valence-corrected chi connectivity index (χ1v) is 12.6. The molecular formula is C17H22N5O7PS. The second-order valence-electron chi connectivity index (χ2n) is 6.99. The Morgan fingerprint density at radius 3 is 2.74 bits per heavy atom. The summed E-state index contributed by atoms with van der Waals surface area (Å²) >= 11 is 0. The molecule has 4 N–H and O–H groups in total. The van der Waals surface area contributed by atoms with E-state index in [0.29, 0.717) is 6.42 Å². The second kappa shape index (κ2) is 8.42. The van der Waals surface area contributed by atoms with Gasteiger partial charge < -0.3 is 20.1 Å². The van der Waals surface area contributed by atoms with Gasteiger partial charge in [-0.2, -0.15) is 9.86 Å². The molecule has 0 saturated heterocycles. The Morgan fingerprint density at radius 2 is 2.10 bits per heavy atom. The third-order valence-corrected chi connectivity index (χ3v) is 6.59. The van der Waals surface area contributed by atoms with Crippen molar-refractivity contribution < 1.29 is 27.7 Å². The molecule has 1 aliphatic rings. The van der Waals surface area contributed by atoms with Gasteiger partial charge in [-0.1, -0.05) is 0 Å². The van der Waals surface area contributed by atoms with Crippen LogP contribution in [0.25, 0.3) is 0 Å². The lowest BCUT2D eigenvalue weighted by molar-refractivity contribution is 0.105. The number of anilines is 2. The lowest BCUT2D eigenvalue weighted by Gasteiger charge is -2.23. The molecule has 2 atom stereocenters. The fraction of sp³-hybridized carbons (Fsp3) is 0.353. The van der Waals surface area contributed by atoms with Gasteiger partial charge >= 0.3 is 7.52 Å². The number of aryl methyl sites for hydroxylation is 1. The minimum absolute atomic E-state index is 0.0809. The molecule has 14 heteroatoms. The van der Waals surface area contributed by atoms with Crippen molar-refractivity contribution in [2.45, 2.75) is 26.0 Å². The zero-order valence-electron chi connectivity index (χ0n) is 16.9. The van der Waals surface area contributed by atoms with Crippen molar-refractivity contribution in [3.05, 3.63) is 40.3 Å². The average Bonchev–Trinajstić information content (AvgIpc) is 2.66. The van der Waals surface area contributed by atoms with Crippen LogP contribution in [-0.4, -0.2) is 53.5 Å². The molecule has 0 fully saturated rings. The summed E-state index contributed by atoms with van der Waals surface area (Å²) < 4.78 is 47.9. The molecule has 0 spiro atoms. The lowest BCUT2D eigenvalue weighted by atomic mass is 10.2. The second-order valence-corrected chi connectivity index (χ2v) is 10.5. The number of fused-ring (bicyclic) bond motifs is 1. The lowest BCUT2D eigenvalue weighted by Crippen LogP contribution is -2.34. The van der Waals surface area contributed by atoms with Crippen LogP contribution in [0.5, 0.6) is 5.75 Å². The van der Waals surface area contributed by atoms with E-state index in [-0.39, 0.29) is 40.7 Å². The predicted octanol–water partition coefficient (Wildman–Crippen LogP) is 0.428. The molecule has 1 aliphatic heterocycles. The number of rotatable bonds is 7. The van der Waals surface area contributed by atoms with Crippen molar-refractivity contribution >= 4 is 40.1 Å². The van der Waals surface area contributed by atoms with Crippen molar-refractivity contribution in [3.8, 4) is 5.75 Å². The van der Waals surface area contributed by atoms with Crippen LogP contribution < -0.4 is 20.9 Å². The van der Waals surface area contributed by atoms with E-state index in [1.165, 1.54) is 25.3 Å². The Morgan fingerprint density at radius 1 is 1.39 bits per heavy atom. The number of amidine groups is 1. The van der Waals surface area contributed by atoms with Gasteiger partial charge in [0.2, 0.25) is 10.0 Å². The van der Waals surface area contributed by atoms with Gasteiger partial charge in [0.05, 0.1) is 29.5 Å². The summed E-state index contributed by atoms with van der Waals surface area (Å²) in [5, 5.41) is 16.7. The van der Waals surface area contributed by atoms with Crippen LogP contribution in [0.4, 0.5) is 11.4 Å². The Labute approximate surface area is 178 Å². The first-order chi connectivity index (χ1) is 14.4. The quantitative estimate of drug-likeness (QED) is 0.418. The maximum Gasteiger partial charge on any atom is 0.346 e. The summed E-state index contributed by atoms with van der Waals surface area (Å²) in [6.07, 6.45) is 2.35. The van der Waals surface area contributed by atoms with Crippen LogP contribution in [0.2, 0.25) is 0 Å². The van der Waals surface area contributed by atoms with E-state index in [2.05, 4.69) is 19.9 Å². The molecule has 0 bridgehead atoms. The van der Waals surface area contributed by atoms with Gasteiger partial charge in [0.25, 0.3) is 5.56 Å². The molecule has 31 heavy (non-hydrogen) atoms. The van der Waals surface area contributed by atoms with Crippen LogP contribution in [0, 0.1) is 0 Å². The van der Waals surface area contributed by atoms with Crippen LogP contribution in [0.15, 0.2) is 34.0 Å². The summed E-state index contributed by atoms with van der Waals surface area (Å²) in [5.41, 5.74) is -0.783. The summed E-state index contributed by atoms with van der Waals surface area (Å²) in [5.74, 6) is -0.799. The number of aromatic hydroxyl groups is 1. The predicted molar refractivity (Wildman–Crippen MR) is 116 cm³/mol. The van der Waals surface area contributed by atoms with Crippen molar-refractivity contribution in [1.29, 1.82) is 0 Å². The van der Waals surface area contributed by atoms with Crippen molar-refractivity contribution in [2.75, 3.05) is 23.4 Å². The SMILES string of the molecule is COC(C)CCn1ncc(O)c(C2=NP(=O)(O)c3cc(NS(C)(=O)=O)ccc3N2)c1=O. The zero-order chi connectivity index (χ0) is 23.0. The molecule has 1 aromatic heterocycles. The molecule has 0 amide bonds. The third kappa shape index (κ3) is 5.13. The monoisotopic (exact) mass is 471 g/mol. The first-order valence-electron chi connectivity index (χ1n) is 9.06. The van der Waals surface area contributed by atoms with Crippen molar-refractivity contribution in [2.24, 2.45) is 4.76 Å². The number of sulfonamides is 1. The number of aromatic nitrogens is 2. The summed E-state index contributed by atoms with van der Waals surface area (Å²) in [7, 11) is -6.45. The third-order valence-electron chi connectivity index (χ3n) is 4.51. The average molecular weight is 471 g/mol. The van der Waals surface area contributed by atoms with E-state index in [4.69, 9.17) is 4.74 Å². The maximum absolute atomic E-state index is 12.9. The minimum atomic E-state index is -4.39. The van der Waals surface area contributed by atoms with Crippen LogP contribution in [0.1, 0.15) is 18.9 Å². The van der Waals surface area contributed by atoms with Crippen molar-refractivity contribution in [1.82, 2.24) is 9.78 Å². The maximum atomic E-state index is 12.9. The molecule has 12 nitrogen and oxygen atoms in total. The van der Waals surface area contributed by atoms with Gasteiger partial charge in [-0.05, 0) is 31.5 Å². The summed E-state index contributed by atoms with van der Waals surface area (Å²) in [6, 6.07) is 3.94. The zero-order valence-corrected chi connectivity index (χ0v) is 18.6. The van der Waals surface area contributed by atoms with E-state index in [1.54, 1.807) is 0 Å². The number of hydrogen-bond donors (Lipinski definition) is 4. The standard InChI is InChI=1S/C17H22N5O7PS/c1-10(29-2)6-7-22-17(24)15(13(23)9-18-22)16-19-12-5-4-11(21-31(3,27)28)8-14(12)30(25,26)20-16/h4-5,8-10,21,23H,6-7H2,1-3H3,(H2,19,20,25,26). The van der Waals surface area contributed by atoms with Crippen LogP contribution in [-0.2, 0) is 25.9 Å². The number of ether oxygens (including phenoxy) is 1. The highest BCUT2D eigenvalue weighted by molar-refractivity contribution is 7.92. The topological polar surface area (TPSA) is 172 Å². The van der Waals surface area contributed by atoms with Crippen LogP contribution in [0.3, 0.4) is 0 Å². The number of methoxy groups -OCH3 is 1. The van der Waals surface area contributed by atoms with Crippen LogP contribution >= 0.6 is 7.52 Å². The van der Waals surface area contributed by atoms with Gasteiger partial charge in [-0.15, -0.1) is 0 Å². The van der Waals surface area contributed by atoms with E-state index in [1.807, 2.05) is 6.92 Å². The van der Waals surface area contributed by atoms with E-state index < -0.39 is 28.9 Å². The summed E-state index contributed by atoms with van der Waals surface area (Å²) in [6.45, 7) is 2.02. The molecule has 1 aromatic carbocycles. The molecule has 0 aliphatic carbocycles. The normalized spacial score (nSPS) is 19.2. The van der Waals surface area contributed by atoms with Gasteiger partial charge in [0, 0.05) is 19.3 Å². The number of benzene rings is 1. The molecule has 2 heterocycles. The Balaban J connectivity index is 2.02. The molecule has 3 rings (SSSR count). The van der Waals surface area contributed by atoms with E-state index in [9.17, 15) is 27.8 Å². The largest absolute Gasteiger partial charge is 0.505 e. The summed E-state index contributed by atoms with van der Waals surface area (Å²) in [4.78, 5) is 23.3. The van der Waals surface area contributed by atoms with E-state index >= 15 is 0 Å². The number of nitrogens with one attached hydrogen (secondary N) is 2. The smallest absolute Gasteiger partial charge is 0.346 e. The number of nitrogens with zero attached hydrogens (tertiary/aromatic N) is 3. The van der Waals surface area contributed by atoms with E-state index in [0.717, 1.165) is 17.1 Å². The Kier molecular flexibility index (Phi) is 6.23. The molecule has 2 aromatic rings. The fourth-order valence-electron chi connectivity index (χ4n) is 2.89. The highest BCUT2D eigenvalue weighted by Gasteiger charge is 2.33. The van der Waals surface area contributed by atoms with Gasteiger partial charge in [-0.3, -0.25) is 14.1 Å². The van der Waals surface area contributed by atoms with Gasteiger partial charge in [-0.25, -0.2) is 13.1 Å². The first kappa shape index (κ1) is 22.9. The van der Waals surface area contributed by atoms with Gasteiger partial charge in [0.1, 0.15) is 5.56 Å². The molecule has 0 saturated carbocycles. The number of hydrogen-bond acceptors (Lipinski definition) is 8. The molecule has 168 valence electrons. The fourth-order valence-corrected chi connectivity index (χ4v) is 4.73. The van der Waals surface area contributed by atoms with Crippen molar-refractivity contribution in [3.63, 3.8) is 0 Å². The minimum Gasteiger partial charge on any atom is -0.505 e. The molecular weight excluding hydrogens is 449 g/mol. The highest BCUT2D eigenvalue weighted by atomic mass is 32.2.